The third-order valence-corrected chi connectivity index (χ3v) is 3.59. The Kier molecular flexibility index (Phi) is 5.18. The molecule has 19 heavy (non-hydrogen) atoms. The third-order valence-electron chi connectivity index (χ3n) is 3.59. The van der Waals surface area contributed by atoms with Gasteiger partial charge in [0.1, 0.15) is 11.5 Å². The van der Waals surface area contributed by atoms with E-state index in [2.05, 4.69) is 0 Å². The second kappa shape index (κ2) is 6.43. The normalized spacial score (nSPS) is 15.7. The molecule has 0 saturated heterocycles. The molecule has 0 fully saturated rings. The zero-order valence-corrected chi connectivity index (χ0v) is 11.2. The highest BCUT2D eigenvalue weighted by Gasteiger charge is 2.23. The van der Waals surface area contributed by atoms with Crippen molar-refractivity contribution in [3.8, 4) is 11.5 Å². The number of phenols is 2. The molecule has 0 radical (unpaired) electrons. The summed E-state index contributed by atoms with van der Waals surface area (Å²) in [6, 6.07) is 4.43. The lowest BCUT2D eigenvalue weighted by atomic mass is 9.82. The molecule has 5 N–H and O–H groups in total. The van der Waals surface area contributed by atoms with E-state index < -0.39 is 11.9 Å². The summed E-state index contributed by atoms with van der Waals surface area (Å²) in [5.41, 5.74) is 6.23. The number of hydrogen-bond acceptors (Lipinski definition) is 4. The second-order valence-corrected chi connectivity index (χ2v) is 5.06. The Morgan fingerprint density at radius 1 is 1.21 bits per heavy atom. The Balaban J connectivity index is 2.81. The summed E-state index contributed by atoms with van der Waals surface area (Å²) >= 11 is 0. The van der Waals surface area contributed by atoms with E-state index in [-0.39, 0.29) is 29.9 Å². The van der Waals surface area contributed by atoms with Crippen LogP contribution in [0.5, 0.6) is 11.5 Å². The van der Waals surface area contributed by atoms with Crippen LogP contribution in [0.1, 0.15) is 31.7 Å². The SMILES string of the molecule is CC(CC(CN)C(=O)O)C(C)c1cc(O)cc(O)c1. The number of benzene rings is 1. The van der Waals surface area contributed by atoms with Crippen LogP contribution in [0.4, 0.5) is 0 Å². The summed E-state index contributed by atoms with van der Waals surface area (Å²) < 4.78 is 0. The quantitative estimate of drug-likeness (QED) is 0.630. The number of carboxylic acids is 1. The lowest BCUT2D eigenvalue weighted by Gasteiger charge is -2.23. The molecule has 0 aliphatic carbocycles. The van der Waals surface area contributed by atoms with Gasteiger partial charge in [0.15, 0.2) is 0 Å². The van der Waals surface area contributed by atoms with Gasteiger partial charge in [-0.1, -0.05) is 13.8 Å². The van der Waals surface area contributed by atoms with Gasteiger partial charge in [-0.05, 0) is 36.0 Å². The van der Waals surface area contributed by atoms with Crippen molar-refractivity contribution in [1.29, 1.82) is 0 Å². The number of aliphatic carboxylic acids is 1. The maximum atomic E-state index is 11.0. The van der Waals surface area contributed by atoms with Crippen molar-refractivity contribution < 1.29 is 20.1 Å². The molecule has 106 valence electrons. The van der Waals surface area contributed by atoms with Gasteiger partial charge in [-0.3, -0.25) is 4.79 Å². The number of carbonyl (C=O) groups is 1. The molecule has 0 saturated carbocycles. The van der Waals surface area contributed by atoms with E-state index in [0.29, 0.717) is 6.42 Å². The molecule has 0 heterocycles. The van der Waals surface area contributed by atoms with Crippen molar-refractivity contribution in [3.05, 3.63) is 23.8 Å². The molecule has 3 unspecified atom stereocenters. The van der Waals surface area contributed by atoms with Gasteiger partial charge in [-0.25, -0.2) is 0 Å². The Hall–Kier alpha value is -1.75. The summed E-state index contributed by atoms with van der Waals surface area (Å²) in [6.07, 6.45) is 0.462. The molecule has 3 atom stereocenters. The van der Waals surface area contributed by atoms with Gasteiger partial charge in [0.2, 0.25) is 0 Å². The van der Waals surface area contributed by atoms with Gasteiger partial charge < -0.3 is 21.1 Å². The first-order valence-electron chi connectivity index (χ1n) is 6.31. The standard InChI is InChI=1S/C14H21NO4/c1-8(3-11(7-15)14(18)19)9(2)10-4-12(16)6-13(17)5-10/h4-6,8-9,11,16-17H,3,7,15H2,1-2H3,(H,18,19). The van der Waals surface area contributed by atoms with Crippen LogP contribution in [0, 0.1) is 11.8 Å². The van der Waals surface area contributed by atoms with Crippen molar-refractivity contribution in [2.45, 2.75) is 26.2 Å². The molecule has 0 aliphatic rings. The Bertz CT molecular complexity index is 427. The Morgan fingerprint density at radius 3 is 2.16 bits per heavy atom. The summed E-state index contributed by atoms with van der Waals surface area (Å²) in [7, 11) is 0. The van der Waals surface area contributed by atoms with Gasteiger partial charge in [-0.2, -0.15) is 0 Å². The van der Waals surface area contributed by atoms with Crippen LogP contribution in [-0.2, 0) is 4.79 Å². The lowest BCUT2D eigenvalue weighted by molar-refractivity contribution is -0.142. The predicted octanol–water partition coefficient (Wildman–Crippen LogP) is 1.89. The number of nitrogens with two attached hydrogens (primary N) is 1. The van der Waals surface area contributed by atoms with E-state index in [1.807, 2.05) is 13.8 Å². The highest BCUT2D eigenvalue weighted by molar-refractivity contribution is 5.70. The van der Waals surface area contributed by atoms with E-state index >= 15 is 0 Å². The highest BCUT2D eigenvalue weighted by Crippen LogP contribution is 2.33. The number of phenolic OH excluding ortho intramolecular Hbond substituents is 2. The molecule has 1 rings (SSSR count). The maximum Gasteiger partial charge on any atom is 0.307 e. The molecule has 1 aromatic rings. The van der Waals surface area contributed by atoms with E-state index in [4.69, 9.17) is 10.8 Å². The van der Waals surface area contributed by atoms with Crippen LogP contribution in [0.2, 0.25) is 0 Å². The number of carboxylic acid groups (broad SMARTS) is 1. The minimum absolute atomic E-state index is 0.00246. The molecular formula is C14H21NO4. The van der Waals surface area contributed by atoms with Gasteiger partial charge in [0, 0.05) is 12.6 Å². The third kappa shape index (κ3) is 4.13. The zero-order valence-electron chi connectivity index (χ0n) is 11.2. The van der Waals surface area contributed by atoms with Crippen LogP contribution < -0.4 is 5.73 Å². The molecule has 0 bridgehead atoms. The smallest absolute Gasteiger partial charge is 0.307 e. The number of rotatable bonds is 6. The fourth-order valence-corrected chi connectivity index (χ4v) is 2.16. The van der Waals surface area contributed by atoms with Gasteiger partial charge in [0.05, 0.1) is 5.92 Å². The predicted molar refractivity (Wildman–Crippen MR) is 72.1 cm³/mol. The first-order chi connectivity index (χ1) is 8.85. The number of aromatic hydroxyl groups is 2. The van der Waals surface area contributed by atoms with Crippen molar-refractivity contribution in [3.63, 3.8) is 0 Å². The average molecular weight is 267 g/mol. The van der Waals surface area contributed by atoms with Crippen molar-refractivity contribution in [2.75, 3.05) is 6.54 Å². The van der Waals surface area contributed by atoms with Crippen molar-refractivity contribution in [1.82, 2.24) is 0 Å². The minimum atomic E-state index is -0.889. The van der Waals surface area contributed by atoms with E-state index in [9.17, 15) is 15.0 Å². The summed E-state index contributed by atoms with van der Waals surface area (Å²) in [6.45, 7) is 3.99. The molecule has 5 nitrogen and oxygen atoms in total. The van der Waals surface area contributed by atoms with Crippen molar-refractivity contribution in [2.24, 2.45) is 17.6 Å². The molecule has 0 aromatic heterocycles. The van der Waals surface area contributed by atoms with Gasteiger partial charge >= 0.3 is 5.97 Å². The van der Waals surface area contributed by atoms with Crippen molar-refractivity contribution >= 4 is 5.97 Å². The lowest BCUT2D eigenvalue weighted by Crippen LogP contribution is -2.26. The summed E-state index contributed by atoms with van der Waals surface area (Å²) in [5, 5.41) is 27.9. The molecule has 0 aliphatic heterocycles. The fourth-order valence-electron chi connectivity index (χ4n) is 2.16. The Morgan fingerprint density at radius 2 is 1.74 bits per heavy atom. The first kappa shape index (κ1) is 15.3. The summed E-state index contributed by atoms with van der Waals surface area (Å²) in [5.74, 6) is -1.36. The van der Waals surface area contributed by atoms with Crippen LogP contribution >= 0.6 is 0 Å². The van der Waals surface area contributed by atoms with E-state index in [1.54, 1.807) is 12.1 Å². The Labute approximate surface area is 112 Å². The van der Waals surface area contributed by atoms with Gasteiger partial charge in [0.25, 0.3) is 0 Å². The molecule has 0 amide bonds. The zero-order chi connectivity index (χ0) is 14.6. The topological polar surface area (TPSA) is 104 Å². The van der Waals surface area contributed by atoms with Crippen LogP contribution in [0.25, 0.3) is 0 Å². The summed E-state index contributed by atoms with van der Waals surface area (Å²) in [4.78, 5) is 11.0. The second-order valence-electron chi connectivity index (χ2n) is 5.06. The fraction of sp³-hybridized carbons (Fsp3) is 0.500. The molecule has 0 spiro atoms. The largest absolute Gasteiger partial charge is 0.508 e. The number of hydrogen-bond donors (Lipinski definition) is 4. The first-order valence-corrected chi connectivity index (χ1v) is 6.31. The maximum absolute atomic E-state index is 11.0. The average Bonchev–Trinajstić information content (AvgIpc) is 2.33. The highest BCUT2D eigenvalue weighted by atomic mass is 16.4. The minimum Gasteiger partial charge on any atom is -0.508 e. The molecule has 5 heteroatoms. The monoisotopic (exact) mass is 267 g/mol. The van der Waals surface area contributed by atoms with E-state index in [1.165, 1.54) is 6.07 Å². The molecule has 1 aromatic carbocycles. The van der Waals surface area contributed by atoms with E-state index in [0.717, 1.165) is 5.56 Å². The van der Waals surface area contributed by atoms with Crippen LogP contribution in [0.15, 0.2) is 18.2 Å². The van der Waals surface area contributed by atoms with Crippen LogP contribution in [-0.4, -0.2) is 27.8 Å². The van der Waals surface area contributed by atoms with Crippen LogP contribution in [0.3, 0.4) is 0 Å². The van der Waals surface area contributed by atoms with Gasteiger partial charge in [-0.15, -0.1) is 0 Å². The molecular weight excluding hydrogens is 246 g/mol.